The van der Waals surface area contributed by atoms with E-state index in [1.807, 2.05) is 23.1 Å². The number of halogens is 3. The molecule has 0 unspecified atom stereocenters. The number of hydrogen-bond donors (Lipinski definition) is 1. The van der Waals surface area contributed by atoms with Gasteiger partial charge in [0.2, 0.25) is 5.91 Å². The summed E-state index contributed by atoms with van der Waals surface area (Å²) >= 11 is 5.72. The number of carbonyl (C=O) groups is 4. The van der Waals surface area contributed by atoms with E-state index in [0.717, 1.165) is 66.1 Å². The maximum Gasteiger partial charge on any atom is 0.419 e. The predicted octanol–water partition coefficient (Wildman–Crippen LogP) is 4.55. The average Bonchev–Trinajstić information content (AvgIpc) is 3.61. The number of nitriles is 1. The SMILES string of the molecule is C[C@@H]1CN(CCOC2CCC(N3C(=S)N(c4cnc(C#N)c(C(F)(F)F)c4)C(=O)C3(C)C)CC2)C[C@H](C)N1CC(=O)Cc1cccc2c(N3CCC(=O)NC3=O)nn(C)c12. The van der Waals surface area contributed by atoms with Crippen molar-refractivity contribution in [3.05, 3.63) is 47.3 Å². The predicted molar refractivity (Wildman–Crippen MR) is 219 cm³/mol. The fourth-order valence-electron chi connectivity index (χ4n) is 9.29. The van der Waals surface area contributed by atoms with Gasteiger partial charge in [-0.15, -0.1) is 0 Å². The van der Waals surface area contributed by atoms with Gasteiger partial charge in [0, 0.05) is 69.6 Å². The highest BCUT2D eigenvalue weighted by Gasteiger charge is 2.53. The van der Waals surface area contributed by atoms with Crippen LogP contribution in [0.25, 0.3) is 10.9 Å². The Labute approximate surface area is 351 Å². The number of alkyl halides is 3. The fraction of sp³-hybridized carbons (Fsp3) is 0.561. The number of thiocarbonyl (C=S) groups is 1. The largest absolute Gasteiger partial charge is 0.419 e. The molecule has 320 valence electrons. The van der Waals surface area contributed by atoms with E-state index in [0.29, 0.717) is 31.8 Å². The number of aromatic nitrogens is 3. The average molecular weight is 851 g/mol. The molecule has 0 spiro atoms. The number of ether oxygens (including phenoxy) is 1. The second-order valence-electron chi connectivity index (χ2n) is 16.7. The van der Waals surface area contributed by atoms with Crippen LogP contribution in [-0.2, 0) is 38.8 Å². The van der Waals surface area contributed by atoms with Crippen molar-refractivity contribution in [3.8, 4) is 6.07 Å². The van der Waals surface area contributed by atoms with E-state index in [1.165, 1.54) is 11.0 Å². The van der Waals surface area contributed by atoms with Crippen LogP contribution < -0.4 is 15.1 Å². The quantitative estimate of drug-likeness (QED) is 0.269. The molecule has 1 aliphatic carbocycles. The summed E-state index contributed by atoms with van der Waals surface area (Å²) in [7, 11) is 1.79. The highest BCUT2D eigenvalue weighted by Crippen LogP contribution is 2.40. The molecule has 1 N–H and O–H groups in total. The summed E-state index contributed by atoms with van der Waals surface area (Å²) in [6.45, 7) is 11.0. The van der Waals surface area contributed by atoms with Gasteiger partial charge in [0.25, 0.3) is 5.91 Å². The first kappa shape index (κ1) is 43.1. The number of Topliss-reactive ketones (excluding diaryl/α,β-unsaturated/α-hetero) is 1. The summed E-state index contributed by atoms with van der Waals surface area (Å²) in [6, 6.07) is 7.50. The first-order valence-corrected chi connectivity index (χ1v) is 20.6. The molecule has 3 aromatic rings. The van der Waals surface area contributed by atoms with Crippen molar-refractivity contribution in [2.45, 2.75) is 102 Å². The number of anilines is 2. The zero-order chi connectivity index (χ0) is 43.3. The number of aryl methyl sites for hydroxylation is 1. The molecule has 4 amide bonds. The number of benzene rings is 1. The van der Waals surface area contributed by atoms with Crippen LogP contribution in [0.5, 0.6) is 0 Å². The van der Waals surface area contributed by atoms with Crippen molar-refractivity contribution in [1.29, 1.82) is 5.26 Å². The molecule has 3 aliphatic heterocycles. The summed E-state index contributed by atoms with van der Waals surface area (Å²) in [6.07, 6.45) is -0.504. The Morgan fingerprint density at radius 1 is 1.10 bits per heavy atom. The number of nitrogens with zero attached hydrogens (tertiary/aromatic N) is 9. The lowest BCUT2D eigenvalue weighted by molar-refractivity contribution is -0.138. The molecule has 7 rings (SSSR count). The number of para-hydroxylation sites is 1. The first-order chi connectivity index (χ1) is 28.4. The third-order valence-corrected chi connectivity index (χ3v) is 12.6. The normalized spacial score (nSPS) is 24.4. The van der Waals surface area contributed by atoms with E-state index in [-0.39, 0.29) is 66.1 Å². The molecule has 4 fully saturated rings. The summed E-state index contributed by atoms with van der Waals surface area (Å²) in [5.74, 6) is -0.241. The van der Waals surface area contributed by atoms with E-state index >= 15 is 0 Å². The van der Waals surface area contributed by atoms with E-state index < -0.39 is 34.9 Å². The summed E-state index contributed by atoms with van der Waals surface area (Å²) in [4.78, 5) is 64.1. The van der Waals surface area contributed by atoms with Crippen molar-refractivity contribution < 1.29 is 37.1 Å². The zero-order valence-electron chi connectivity index (χ0n) is 34.3. The number of fused-ring (bicyclic) bond motifs is 1. The van der Waals surface area contributed by atoms with E-state index in [9.17, 15) is 37.6 Å². The van der Waals surface area contributed by atoms with Gasteiger partial charge in [-0.25, -0.2) is 9.78 Å². The van der Waals surface area contributed by atoms with Crippen LogP contribution in [0.3, 0.4) is 0 Å². The van der Waals surface area contributed by atoms with Gasteiger partial charge in [-0.05, 0) is 83.3 Å². The fourth-order valence-corrected chi connectivity index (χ4v) is 9.86. The monoisotopic (exact) mass is 850 g/mol. The van der Waals surface area contributed by atoms with Gasteiger partial charge in [-0.1, -0.05) is 12.1 Å². The number of pyridine rings is 1. The molecule has 1 aromatic carbocycles. The van der Waals surface area contributed by atoms with Crippen molar-refractivity contribution in [1.82, 2.24) is 34.8 Å². The number of urea groups is 1. The number of piperazine rings is 1. The van der Waals surface area contributed by atoms with Crippen LogP contribution in [-0.4, -0.2) is 127 Å². The van der Waals surface area contributed by atoms with Crippen molar-refractivity contribution in [2.75, 3.05) is 49.1 Å². The number of ketones is 1. The van der Waals surface area contributed by atoms with Gasteiger partial charge in [0.1, 0.15) is 11.6 Å². The molecule has 2 atom stereocenters. The summed E-state index contributed by atoms with van der Waals surface area (Å²) < 4.78 is 49.2. The number of nitrogens with one attached hydrogen (secondary N) is 1. The van der Waals surface area contributed by atoms with E-state index in [1.54, 1.807) is 25.6 Å². The minimum Gasteiger partial charge on any atom is -0.377 e. The molecular formula is C41H49F3N10O5S. The summed E-state index contributed by atoms with van der Waals surface area (Å²) in [5, 5.41) is 17.0. The Morgan fingerprint density at radius 2 is 1.80 bits per heavy atom. The number of imide groups is 1. The van der Waals surface area contributed by atoms with Gasteiger partial charge in [0.05, 0.1) is 42.2 Å². The Hall–Kier alpha value is -5.03. The molecular weight excluding hydrogens is 802 g/mol. The number of carbonyl (C=O) groups excluding carboxylic acids is 4. The Kier molecular flexibility index (Phi) is 12.1. The molecule has 3 saturated heterocycles. The van der Waals surface area contributed by atoms with Crippen molar-refractivity contribution >= 4 is 63.4 Å². The first-order valence-electron chi connectivity index (χ1n) is 20.2. The van der Waals surface area contributed by atoms with Gasteiger partial charge in [-0.3, -0.25) is 44.0 Å². The van der Waals surface area contributed by atoms with Crippen LogP contribution >= 0.6 is 12.2 Å². The molecule has 0 radical (unpaired) electrons. The van der Waals surface area contributed by atoms with Gasteiger partial charge in [-0.2, -0.15) is 23.5 Å². The number of hydrogen-bond acceptors (Lipinski definition) is 11. The molecule has 19 heteroatoms. The van der Waals surface area contributed by atoms with Crippen LogP contribution in [0.15, 0.2) is 30.5 Å². The Bertz CT molecular complexity index is 2240. The molecule has 5 heterocycles. The van der Waals surface area contributed by atoms with E-state index in [4.69, 9.17) is 17.0 Å². The van der Waals surface area contributed by atoms with Crippen molar-refractivity contribution in [3.63, 3.8) is 0 Å². The van der Waals surface area contributed by atoms with Crippen LogP contribution in [0, 0.1) is 11.3 Å². The molecule has 4 aliphatic rings. The Morgan fingerprint density at radius 3 is 2.45 bits per heavy atom. The minimum atomic E-state index is -4.83. The molecule has 1 saturated carbocycles. The standard InChI is InChI=1S/C41H49F3N10O5S/c1-24-21-50(22-25(2)52(24)23-29(55)17-26-7-6-8-31-35(26)49(5)48-36(31)51-14-13-34(56)47-38(51)58)15-16-59-30-11-9-27(10-12-30)54-39(60)53(37(57)40(54,3)4)28-18-32(41(42,43)44)33(19-45)46-20-28/h6-8,18,20,24-25,27,30H,9-17,21-23H2,1-5H3,(H,47,56,58)/t24-,25+,27?,30?. The Balaban J connectivity index is 0.884. The minimum absolute atomic E-state index is 0.0133. The highest BCUT2D eigenvalue weighted by atomic mass is 32.1. The van der Waals surface area contributed by atoms with Crippen LogP contribution in [0.1, 0.15) is 76.6 Å². The topological polar surface area (TPSA) is 160 Å². The number of amides is 4. The maximum absolute atomic E-state index is 13.7. The molecule has 2 aromatic heterocycles. The lowest BCUT2D eigenvalue weighted by Crippen LogP contribution is -2.58. The van der Waals surface area contributed by atoms with Crippen molar-refractivity contribution in [2.24, 2.45) is 7.05 Å². The third-order valence-electron chi connectivity index (χ3n) is 12.2. The second kappa shape index (κ2) is 16.8. The lowest BCUT2D eigenvalue weighted by Gasteiger charge is -2.44. The third kappa shape index (κ3) is 8.34. The molecule has 60 heavy (non-hydrogen) atoms. The van der Waals surface area contributed by atoms with Gasteiger partial charge < -0.3 is 9.64 Å². The molecule has 15 nitrogen and oxygen atoms in total. The van der Waals surface area contributed by atoms with Gasteiger partial charge in [0.15, 0.2) is 22.4 Å². The summed E-state index contributed by atoms with van der Waals surface area (Å²) in [5.41, 5.74) is -1.61. The highest BCUT2D eigenvalue weighted by molar-refractivity contribution is 7.80. The number of rotatable bonds is 11. The molecule has 0 bridgehead atoms. The second-order valence-corrected chi connectivity index (χ2v) is 17.1. The zero-order valence-corrected chi connectivity index (χ0v) is 35.1. The van der Waals surface area contributed by atoms with E-state index in [2.05, 4.69) is 39.0 Å². The smallest absolute Gasteiger partial charge is 0.377 e. The lowest BCUT2D eigenvalue weighted by atomic mass is 9.89. The van der Waals surface area contributed by atoms with Crippen LogP contribution in [0.4, 0.5) is 29.5 Å². The van der Waals surface area contributed by atoms with Crippen LogP contribution in [0.2, 0.25) is 0 Å². The maximum atomic E-state index is 13.7. The van der Waals surface area contributed by atoms with Gasteiger partial charge >= 0.3 is 12.2 Å².